The maximum absolute atomic E-state index is 10.7. The smallest absolute Gasteiger partial charge is 0.123 e. The van der Waals surface area contributed by atoms with Crippen LogP contribution >= 0.6 is 12.4 Å². The van der Waals surface area contributed by atoms with E-state index in [1.165, 1.54) is 0 Å². The monoisotopic (exact) mass is 341 g/mol. The third-order valence-corrected chi connectivity index (χ3v) is 4.61. The van der Waals surface area contributed by atoms with Gasteiger partial charge in [-0.1, -0.05) is 41.5 Å². The quantitative estimate of drug-likeness (QED) is 0.772. The van der Waals surface area contributed by atoms with Crippen molar-refractivity contribution in [2.24, 2.45) is 11.7 Å². The van der Waals surface area contributed by atoms with Gasteiger partial charge in [-0.3, -0.25) is 0 Å². The molecule has 4 heteroatoms. The average Bonchev–Trinajstić information content (AvgIpc) is 3.18. The first-order valence-corrected chi connectivity index (χ1v) is 8.24. The fourth-order valence-electron chi connectivity index (χ4n) is 2.92. The van der Waals surface area contributed by atoms with Crippen LogP contribution in [0.15, 0.2) is 12.1 Å². The van der Waals surface area contributed by atoms with Crippen molar-refractivity contribution in [3.05, 3.63) is 28.8 Å². The molecule has 0 spiro atoms. The number of rotatable bonds is 3. The van der Waals surface area contributed by atoms with Gasteiger partial charge in [-0.05, 0) is 58.4 Å². The van der Waals surface area contributed by atoms with E-state index in [4.69, 9.17) is 5.73 Å². The summed E-state index contributed by atoms with van der Waals surface area (Å²) >= 11 is 0. The topological polar surface area (TPSA) is 66.5 Å². The van der Waals surface area contributed by atoms with Crippen LogP contribution in [0.1, 0.15) is 77.1 Å². The summed E-state index contributed by atoms with van der Waals surface area (Å²) in [5.74, 6) is 0.692. The van der Waals surface area contributed by atoms with E-state index in [9.17, 15) is 10.2 Å². The Bertz CT molecular complexity index is 518. The summed E-state index contributed by atoms with van der Waals surface area (Å²) in [5.41, 5.74) is 8.69. The Morgan fingerprint density at radius 1 is 1.00 bits per heavy atom. The molecule has 0 bridgehead atoms. The second-order valence-corrected chi connectivity index (χ2v) is 8.82. The van der Waals surface area contributed by atoms with Gasteiger partial charge in [-0.25, -0.2) is 0 Å². The van der Waals surface area contributed by atoms with Crippen LogP contribution in [0.25, 0.3) is 0 Å². The molecule has 0 heterocycles. The van der Waals surface area contributed by atoms with Crippen molar-refractivity contribution >= 4 is 12.4 Å². The van der Waals surface area contributed by atoms with E-state index < -0.39 is 12.1 Å². The molecule has 1 fully saturated rings. The lowest BCUT2D eigenvalue weighted by Gasteiger charge is -2.30. The molecule has 1 aromatic rings. The number of benzene rings is 1. The zero-order chi connectivity index (χ0) is 16.9. The summed E-state index contributed by atoms with van der Waals surface area (Å²) < 4.78 is 0. The minimum Gasteiger partial charge on any atom is -0.507 e. The van der Waals surface area contributed by atoms with Gasteiger partial charge in [0.05, 0.1) is 12.1 Å². The number of nitrogens with two attached hydrogens (primary N) is 1. The number of hydrogen-bond donors (Lipinski definition) is 3. The third-order valence-electron chi connectivity index (χ3n) is 4.61. The first-order chi connectivity index (χ1) is 9.93. The SMILES string of the molecule is CC(C)(C)c1cc([C@@H](N)[C@@H](O)C2CC2)cc(C(C)(C)C)c1O.Cl. The van der Waals surface area contributed by atoms with E-state index in [2.05, 4.69) is 41.5 Å². The van der Waals surface area contributed by atoms with E-state index in [0.717, 1.165) is 29.5 Å². The van der Waals surface area contributed by atoms with Crippen molar-refractivity contribution in [3.8, 4) is 5.75 Å². The van der Waals surface area contributed by atoms with Crippen LogP contribution in [-0.2, 0) is 10.8 Å². The van der Waals surface area contributed by atoms with Gasteiger partial charge >= 0.3 is 0 Å². The Labute approximate surface area is 146 Å². The predicted octanol–water partition coefficient (Wildman–Crippen LogP) is 4.18. The van der Waals surface area contributed by atoms with Gasteiger partial charge in [0.1, 0.15) is 5.75 Å². The molecule has 0 amide bonds. The molecule has 4 N–H and O–H groups in total. The Balaban J connectivity index is 0.00000264. The number of aliphatic hydroxyl groups is 1. The van der Waals surface area contributed by atoms with Crippen LogP contribution in [0.3, 0.4) is 0 Å². The summed E-state index contributed by atoms with van der Waals surface area (Å²) in [7, 11) is 0. The molecular weight excluding hydrogens is 310 g/mol. The van der Waals surface area contributed by atoms with Crippen LogP contribution in [0.4, 0.5) is 0 Å². The predicted molar refractivity (Wildman–Crippen MR) is 98.4 cm³/mol. The van der Waals surface area contributed by atoms with Crippen LogP contribution in [0.5, 0.6) is 5.75 Å². The van der Waals surface area contributed by atoms with Crippen molar-refractivity contribution in [2.75, 3.05) is 0 Å². The van der Waals surface area contributed by atoms with Crippen molar-refractivity contribution in [3.63, 3.8) is 0 Å². The fourth-order valence-corrected chi connectivity index (χ4v) is 2.92. The van der Waals surface area contributed by atoms with Gasteiger partial charge in [-0.15, -0.1) is 12.4 Å². The molecular formula is C19H32ClNO2. The summed E-state index contributed by atoms with van der Waals surface area (Å²) in [6.45, 7) is 12.5. The number of phenols is 1. The largest absolute Gasteiger partial charge is 0.507 e. The molecule has 2 atom stereocenters. The first-order valence-electron chi connectivity index (χ1n) is 8.24. The van der Waals surface area contributed by atoms with E-state index in [1.807, 2.05) is 12.1 Å². The van der Waals surface area contributed by atoms with Crippen LogP contribution < -0.4 is 5.73 Å². The zero-order valence-corrected chi connectivity index (χ0v) is 16.0. The second-order valence-electron chi connectivity index (χ2n) is 8.82. The van der Waals surface area contributed by atoms with Gasteiger partial charge in [-0.2, -0.15) is 0 Å². The summed E-state index contributed by atoms with van der Waals surface area (Å²) in [4.78, 5) is 0. The highest BCUT2D eigenvalue weighted by atomic mass is 35.5. The molecule has 0 saturated heterocycles. The van der Waals surface area contributed by atoms with Crippen molar-refractivity contribution < 1.29 is 10.2 Å². The molecule has 0 unspecified atom stereocenters. The van der Waals surface area contributed by atoms with Crippen molar-refractivity contribution in [1.29, 1.82) is 0 Å². The van der Waals surface area contributed by atoms with Crippen LogP contribution in [-0.4, -0.2) is 16.3 Å². The van der Waals surface area contributed by atoms with Gasteiger partial charge in [0.15, 0.2) is 0 Å². The van der Waals surface area contributed by atoms with E-state index in [-0.39, 0.29) is 23.2 Å². The standard InChI is InChI=1S/C19H31NO2.ClH/c1-18(2,3)13-9-12(15(20)16(21)11-7-8-11)10-14(17(13)22)19(4,5)6;/h9-11,15-16,21-22H,7-8,20H2,1-6H3;1H/t15-,16+;/m1./s1. The molecule has 3 nitrogen and oxygen atoms in total. The normalized spacial score (nSPS) is 18.3. The minimum atomic E-state index is -0.495. The number of phenolic OH excluding ortho intramolecular Hbond substituents is 1. The summed E-state index contributed by atoms with van der Waals surface area (Å²) in [5, 5.41) is 21.1. The van der Waals surface area contributed by atoms with E-state index in [1.54, 1.807) is 0 Å². The molecule has 0 radical (unpaired) electrons. The van der Waals surface area contributed by atoms with Crippen molar-refractivity contribution in [2.45, 2.75) is 77.4 Å². The summed E-state index contributed by atoms with van der Waals surface area (Å²) in [6, 6.07) is 3.55. The lowest BCUT2D eigenvalue weighted by Crippen LogP contribution is -2.29. The van der Waals surface area contributed by atoms with Crippen LogP contribution in [0.2, 0.25) is 0 Å². The van der Waals surface area contributed by atoms with Gasteiger partial charge in [0, 0.05) is 0 Å². The van der Waals surface area contributed by atoms with Gasteiger partial charge in [0.25, 0.3) is 0 Å². The second kappa shape index (κ2) is 6.62. The molecule has 1 aliphatic rings. The third kappa shape index (κ3) is 4.40. The number of hydrogen-bond acceptors (Lipinski definition) is 3. The molecule has 0 aromatic heterocycles. The minimum absolute atomic E-state index is 0. The Kier molecular flexibility index (Phi) is 5.83. The zero-order valence-electron chi connectivity index (χ0n) is 15.2. The highest BCUT2D eigenvalue weighted by Gasteiger charge is 2.35. The van der Waals surface area contributed by atoms with Gasteiger partial charge < -0.3 is 15.9 Å². The van der Waals surface area contributed by atoms with Gasteiger partial charge in [0.2, 0.25) is 0 Å². The highest BCUT2D eigenvalue weighted by molar-refractivity contribution is 5.85. The maximum atomic E-state index is 10.7. The first kappa shape index (κ1) is 20.3. The molecule has 132 valence electrons. The summed E-state index contributed by atoms with van der Waals surface area (Å²) in [6.07, 6.45) is 1.63. The maximum Gasteiger partial charge on any atom is 0.123 e. The van der Waals surface area contributed by atoms with E-state index >= 15 is 0 Å². The molecule has 1 saturated carbocycles. The van der Waals surface area contributed by atoms with E-state index in [0.29, 0.717) is 11.7 Å². The highest BCUT2D eigenvalue weighted by Crippen LogP contribution is 2.43. The molecule has 2 rings (SSSR count). The lowest BCUT2D eigenvalue weighted by atomic mass is 9.77. The molecule has 23 heavy (non-hydrogen) atoms. The number of aliphatic hydroxyl groups excluding tert-OH is 1. The van der Waals surface area contributed by atoms with Crippen LogP contribution in [0, 0.1) is 5.92 Å². The number of halogens is 1. The molecule has 1 aromatic carbocycles. The Morgan fingerprint density at radius 3 is 1.70 bits per heavy atom. The fraction of sp³-hybridized carbons (Fsp3) is 0.684. The Hall–Kier alpha value is -0.770. The average molecular weight is 342 g/mol. The molecule has 1 aliphatic carbocycles. The molecule has 0 aliphatic heterocycles. The van der Waals surface area contributed by atoms with Crippen molar-refractivity contribution in [1.82, 2.24) is 0 Å². The number of aromatic hydroxyl groups is 1. The lowest BCUT2D eigenvalue weighted by molar-refractivity contribution is 0.122. The Morgan fingerprint density at radius 2 is 1.39 bits per heavy atom.